The van der Waals surface area contributed by atoms with E-state index in [-0.39, 0.29) is 11.9 Å². The van der Waals surface area contributed by atoms with Crippen LogP contribution in [0.25, 0.3) is 0 Å². The Morgan fingerprint density at radius 2 is 1.91 bits per heavy atom. The number of aromatic nitrogens is 2. The van der Waals surface area contributed by atoms with Gasteiger partial charge in [0.2, 0.25) is 5.91 Å². The number of methoxy groups -OCH3 is 1. The highest BCUT2D eigenvalue weighted by atomic mass is 35.5. The second kappa shape index (κ2) is 14.3. The van der Waals surface area contributed by atoms with Crippen LogP contribution in [0.5, 0.6) is 5.75 Å². The fraction of sp³-hybridized carbons (Fsp3) is 0.441. The van der Waals surface area contributed by atoms with Crippen LogP contribution in [0.2, 0.25) is 5.02 Å². The lowest BCUT2D eigenvalue weighted by Crippen LogP contribution is -2.45. The van der Waals surface area contributed by atoms with Crippen LogP contribution < -0.4 is 25.3 Å². The molecule has 3 saturated heterocycles. The number of ether oxygens (including phenoxy) is 1. The van der Waals surface area contributed by atoms with E-state index in [1.165, 1.54) is 18.8 Å². The van der Waals surface area contributed by atoms with Gasteiger partial charge in [0.1, 0.15) is 17.9 Å². The van der Waals surface area contributed by atoms with E-state index in [1.807, 2.05) is 42.5 Å². The predicted octanol–water partition coefficient (Wildman–Crippen LogP) is 5.49. The van der Waals surface area contributed by atoms with Crippen molar-refractivity contribution < 1.29 is 14.4 Å². The van der Waals surface area contributed by atoms with Crippen molar-refractivity contribution in [1.82, 2.24) is 19.8 Å². The smallest absolute Gasteiger partial charge is 0.247 e. The number of halogens is 1. The zero-order valence-corrected chi connectivity index (χ0v) is 27.5. The maximum Gasteiger partial charge on any atom is 0.247 e. The summed E-state index contributed by atoms with van der Waals surface area (Å²) in [5.74, 6) is 1.53. The lowest BCUT2D eigenvalue weighted by molar-refractivity contribution is -0.111. The van der Waals surface area contributed by atoms with E-state index in [4.69, 9.17) is 21.2 Å². The van der Waals surface area contributed by atoms with Gasteiger partial charge < -0.3 is 25.2 Å². The fourth-order valence-electron chi connectivity index (χ4n) is 6.76. The molecular formula is C34H43ClN8O3. The highest BCUT2D eigenvalue weighted by Crippen LogP contribution is 2.41. The molecule has 6 rings (SSSR count). The maximum absolute atomic E-state index is 12.6. The molecular weight excluding hydrogens is 604 g/mol. The number of piperidine rings is 1. The largest absolute Gasteiger partial charge is 0.494 e. The normalized spacial score (nSPS) is 20.7. The molecule has 3 fully saturated rings. The molecule has 3 aromatic rings. The van der Waals surface area contributed by atoms with Crippen LogP contribution in [0.4, 0.5) is 28.7 Å². The third kappa shape index (κ3) is 7.07. The first kappa shape index (κ1) is 32.1. The lowest BCUT2D eigenvalue weighted by atomic mass is 10.0. The van der Waals surface area contributed by atoms with E-state index in [1.54, 1.807) is 12.2 Å². The molecule has 2 atom stereocenters. The molecule has 3 aliphatic heterocycles. The summed E-state index contributed by atoms with van der Waals surface area (Å²) in [4.78, 5) is 34.8. The molecule has 4 heterocycles. The first-order chi connectivity index (χ1) is 22.3. The van der Waals surface area contributed by atoms with Crippen molar-refractivity contribution in [3.63, 3.8) is 0 Å². The Morgan fingerprint density at radius 1 is 1.09 bits per heavy atom. The highest BCUT2D eigenvalue weighted by Gasteiger charge is 2.33. The number of anilines is 5. The number of likely N-dealkylation sites (N-methyl/N-ethyl adjacent to an activating group) is 1. The van der Waals surface area contributed by atoms with Gasteiger partial charge in [-0.05, 0) is 63.2 Å². The van der Waals surface area contributed by atoms with Gasteiger partial charge in [-0.25, -0.2) is 15.0 Å². The number of likely N-dealkylation sites (tertiary alicyclic amines) is 1. The second-order valence-corrected chi connectivity index (χ2v) is 12.7. The number of hydrogen-bond acceptors (Lipinski definition) is 10. The van der Waals surface area contributed by atoms with Crippen molar-refractivity contribution in [3.05, 3.63) is 72.0 Å². The number of carbonyl (C=O) groups excluding carboxylic acids is 1. The van der Waals surface area contributed by atoms with Gasteiger partial charge in [-0.1, -0.05) is 30.3 Å². The van der Waals surface area contributed by atoms with Gasteiger partial charge in [-0.3, -0.25) is 14.5 Å². The minimum Gasteiger partial charge on any atom is -0.494 e. The minimum atomic E-state index is -0.276. The first-order valence-corrected chi connectivity index (χ1v) is 16.3. The molecule has 0 radical (unpaired) electrons. The Labute approximate surface area is 276 Å². The number of amides is 1. The summed E-state index contributed by atoms with van der Waals surface area (Å²) in [6, 6.07) is 14.7. The number of nitrogens with one attached hydrogen (secondary N) is 2. The zero-order chi connectivity index (χ0) is 32.2. The summed E-state index contributed by atoms with van der Waals surface area (Å²) in [5.41, 5.74) is 3.31. The summed E-state index contributed by atoms with van der Waals surface area (Å²) < 4.78 is 5.86. The third-order valence-electron chi connectivity index (χ3n) is 9.29. The number of rotatable bonds is 10. The zero-order valence-electron chi connectivity index (χ0n) is 26.8. The summed E-state index contributed by atoms with van der Waals surface area (Å²) >= 11 is 6.28. The Hall–Kier alpha value is -3.90. The van der Waals surface area contributed by atoms with Crippen molar-refractivity contribution in [3.8, 4) is 5.75 Å². The fourth-order valence-corrected chi connectivity index (χ4v) is 6.96. The summed E-state index contributed by atoms with van der Waals surface area (Å²) in [6.45, 7) is 8.28. The van der Waals surface area contributed by atoms with Crippen LogP contribution in [0.3, 0.4) is 0 Å². The highest BCUT2D eigenvalue weighted by molar-refractivity contribution is 6.30. The van der Waals surface area contributed by atoms with Crippen LogP contribution in [-0.4, -0.2) is 91.7 Å². The van der Waals surface area contributed by atoms with Gasteiger partial charge >= 0.3 is 0 Å². The van der Waals surface area contributed by atoms with Gasteiger partial charge in [0.05, 0.1) is 36.8 Å². The number of benzene rings is 2. The topological polar surface area (TPSA) is 98.3 Å². The minimum absolute atomic E-state index is 0.0278. The molecule has 0 saturated carbocycles. The molecule has 1 amide bonds. The first-order valence-electron chi connectivity index (χ1n) is 15.9. The van der Waals surface area contributed by atoms with E-state index >= 15 is 0 Å². The van der Waals surface area contributed by atoms with Crippen LogP contribution >= 0.6 is 11.6 Å². The average Bonchev–Trinajstić information content (AvgIpc) is 3.77. The Balaban J connectivity index is 1.22. The summed E-state index contributed by atoms with van der Waals surface area (Å²) in [6.07, 6.45) is 6.94. The molecule has 0 unspecified atom stereocenters. The van der Waals surface area contributed by atoms with Crippen molar-refractivity contribution >= 4 is 46.2 Å². The van der Waals surface area contributed by atoms with Crippen LogP contribution in [0, 0.1) is 0 Å². The number of nitrogens with zero attached hydrogens (tertiary/aromatic N) is 6. The number of hydroxylamine groups is 1. The summed E-state index contributed by atoms with van der Waals surface area (Å²) in [7, 11) is 5.99. The summed E-state index contributed by atoms with van der Waals surface area (Å²) in [5, 5.41) is 8.89. The molecule has 0 aliphatic carbocycles. The molecule has 2 aromatic carbocycles. The second-order valence-electron chi connectivity index (χ2n) is 12.3. The van der Waals surface area contributed by atoms with E-state index in [2.05, 4.69) is 56.0 Å². The number of carbonyl (C=O) groups is 1. The van der Waals surface area contributed by atoms with Gasteiger partial charge in [-0.15, -0.1) is 0 Å². The predicted molar refractivity (Wildman–Crippen MR) is 183 cm³/mol. The third-order valence-corrected chi connectivity index (χ3v) is 9.52. The molecule has 2 N–H and O–H groups in total. The van der Waals surface area contributed by atoms with Crippen molar-refractivity contribution in [2.24, 2.45) is 0 Å². The van der Waals surface area contributed by atoms with Gasteiger partial charge in [0.15, 0.2) is 5.82 Å². The molecule has 12 heteroatoms. The van der Waals surface area contributed by atoms with Crippen molar-refractivity contribution in [2.75, 3.05) is 74.6 Å². The quantitative estimate of drug-likeness (QED) is 0.275. The van der Waals surface area contributed by atoms with E-state index in [0.717, 1.165) is 56.7 Å². The van der Waals surface area contributed by atoms with Crippen LogP contribution in [-0.2, 0) is 9.63 Å². The van der Waals surface area contributed by atoms with Crippen LogP contribution in [0.1, 0.15) is 37.3 Å². The monoisotopic (exact) mass is 646 g/mol. The Kier molecular flexibility index (Phi) is 9.93. The van der Waals surface area contributed by atoms with E-state index in [0.29, 0.717) is 52.5 Å². The van der Waals surface area contributed by atoms with Gasteiger partial charge in [0, 0.05) is 61.8 Å². The Morgan fingerprint density at radius 3 is 2.63 bits per heavy atom. The molecule has 244 valence electrons. The SMILES string of the molecule is C=CC(=O)Nc1cc(Nc2cc(N3OCC[C@@H]3c3cccc(Cl)c3)ncn2)c(OC)cc1N1CCC(N2CC[C@H](N(C)C)C2)CC1. The average molecular weight is 647 g/mol. The number of hydrogen-bond donors (Lipinski definition) is 2. The molecule has 1 aromatic heterocycles. The molecule has 3 aliphatic rings. The molecule has 0 spiro atoms. The van der Waals surface area contributed by atoms with Gasteiger partial charge in [-0.2, -0.15) is 0 Å². The molecule has 11 nitrogen and oxygen atoms in total. The lowest BCUT2D eigenvalue weighted by Gasteiger charge is -2.39. The standard InChI is InChI=1S/C34H43ClN8O3/c1-5-34(44)39-27-18-28(31(45-4)19-30(27)41-13-9-25(10-14-41)42-15-11-26(21-42)40(2)3)38-32-20-33(37-22-36-32)43-29(12-16-46-43)23-7-6-8-24(35)17-23/h5-8,17-20,22,25-26,29H,1,9-16,21H2,2-4H3,(H,39,44)(H,36,37,38)/t26-,29+/m0/s1. The molecule has 0 bridgehead atoms. The van der Waals surface area contributed by atoms with Gasteiger partial charge in [0.25, 0.3) is 0 Å². The van der Waals surface area contributed by atoms with Crippen LogP contribution in [0.15, 0.2) is 61.4 Å². The van der Waals surface area contributed by atoms with Crippen molar-refractivity contribution in [2.45, 2.75) is 43.8 Å². The van der Waals surface area contributed by atoms with E-state index in [9.17, 15) is 4.79 Å². The van der Waals surface area contributed by atoms with E-state index < -0.39 is 0 Å². The maximum atomic E-state index is 12.6. The molecule has 46 heavy (non-hydrogen) atoms. The van der Waals surface area contributed by atoms with Crippen molar-refractivity contribution in [1.29, 1.82) is 0 Å². The Bertz CT molecular complexity index is 1550.